The lowest BCUT2D eigenvalue weighted by atomic mass is 10.1. The molecule has 3 aromatic carbocycles. The smallest absolute Gasteiger partial charge is 0.265 e. The Morgan fingerprint density at radius 1 is 0.818 bits per heavy atom. The van der Waals surface area contributed by atoms with Crippen molar-refractivity contribution in [2.24, 2.45) is 0 Å². The Kier molecular flexibility index (Phi) is 11.7. The molecule has 0 saturated carbocycles. The molecule has 0 radical (unpaired) electrons. The van der Waals surface area contributed by atoms with Gasteiger partial charge in [-0.25, -0.2) is 8.42 Å². The van der Waals surface area contributed by atoms with Crippen molar-refractivity contribution >= 4 is 39.1 Å². The second-order valence-electron chi connectivity index (χ2n) is 10.1. The third kappa shape index (κ3) is 8.06. The minimum Gasteiger partial charge on any atom is -0.497 e. The van der Waals surface area contributed by atoms with Crippen LogP contribution in [0, 0.1) is 0 Å². The highest BCUT2D eigenvalue weighted by molar-refractivity contribution is 7.92. The Hall–Kier alpha value is -4.16. The lowest BCUT2D eigenvalue weighted by molar-refractivity contribution is -0.139. The number of nitrogens with one attached hydrogen (secondary N) is 1. The summed E-state index contributed by atoms with van der Waals surface area (Å²) in [5.41, 5.74) is 0.741. The largest absolute Gasteiger partial charge is 0.497 e. The van der Waals surface area contributed by atoms with Crippen LogP contribution in [-0.4, -0.2) is 72.2 Å². The quantitative estimate of drug-likeness (QED) is 0.271. The fourth-order valence-electron chi connectivity index (χ4n) is 4.39. The van der Waals surface area contributed by atoms with E-state index in [-0.39, 0.29) is 39.7 Å². The molecule has 0 spiro atoms. The van der Waals surface area contributed by atoms with Crippen LogP contribution in [0.2, 0.25) is 5.02 Å². The van der Waals surface area contributed by atoms with Gasteiger partial charge in [-0.15, -0.1) is 0 Å². The first-order chi connectivity index (χ1) is 20.9. The Morgan fingerprint density at radius 3 is 2.00 bits per heavy atom. The molecule has 238 valence electrons. The lowest BCUT2D eigenvalue weighted by Crippen LogP contribution is -2.52. The zero-order chi connectivity index (χ0) is 32.6. The third-order valence-corrected chi connectivity index (χ3v) is 8.73. The van der Waals surface area contributed by atoms with Crippen LogP contribution >= 0.6 is 11.6 Å². The average Bonchev–Trinajstić information content (AvgIpc) is 3.01. The second kappa shape index (κ2) is 15.0. The van der Waals surface area contributed by atoms with Crippen molar-refractivity contribution in [3.63, 3.8) is 0 Å². The number of carbonyl (C=O) groups excluding carboxylic acids is 2. The van der Waals surface area contributed by atoms with E-state index in [9.17, 15) is 18.0 Å². The molecule has 0 aliphatic carbocycles. The van der Waals surface area contributed by atoms with Crippen LogP contribution in [0.5, 0.6) is 23.0 Å². The van der Waals surface area contributed by atoms with Gasteiger partial charge in [-0.1, -0.05) is 23.7 Å². The van der Waals surface area contributed by atoms with Gasteiger partial charge in [0.05, 0.1) is 39.0 Å². The van der Waals surface area contributed by atoms with E-state index in [0.29, 0.717) is 17.1 Å². The second-order valence-corrected chi connectivity index (χ2v) is 12.4. The normalized spacial score (nSPS) is 11.8. The van der Waals surface area contributed by atoms with Gasteiger partial charge in [-0.05, 0) is 68.8 Å². The van der Waals surface area contributed by atoms with Crippen molar-refractivity contribution in [1.29, 1.82) is 0 Å². The first-order valence-electron chi connectivity index (χ1n) is 13.7. The van der Waals surface area contributed by atoms with Crippen molar-refractivity contribution in [1.82, 2.24) is 10.2 Å². The van der Waals surface area contributed by atoms with Crippen molar-refractivity contribution in [2.45, 2.75) is 44.3 Å². The number of hydrogen-bond acceptors (Lipinski definition) is 8. The Labute approximate surface area is 263 Å². The summed E-state index contributed by atoms with van der Waals surface area (Å²) in [6.07, 6.45) is 0. The summed E-state index contributed by atoms with van der Waals surface area (Å²) < 4.78 is 50.8. The van der Waals surface area contributed by atoms with Gasteiger partial charge in [-0.2, -0.15) is 0 Å². The van der Waals surface area contributed by atoms with Crippen molar-refractivity contribution in [3.8, 4) is 23.0 Å². The summed E-state index contributed by atoms with van der Waals surface area (Å²) in [5, 5.41) is 3.05. The summed E-state index contributed by atoms with van der Waals surface area (Å²) in [6.45, 7) is 4.55. The minimum absolute atomic E-state index is 0.0203. The van der Waals surface area contributed by atoms with E-state index in [0.717, 1.165) is 4.31 Å². The number of nitrogens with zero attached hydrogens (tertiary/aromatic N) is 2. The SMILES string of the molecule is COc1ccc(CN(C(=O)CN(c2cc(Cl)ccc2OC)S(=O)(=O)c2ccc(OC)c(OC)c2)C(C)C(=O)NC(C)C)cc1. The minimum atomic E-state index is -4.44. The Bertz CT molecular complexity index is 1560. The fourth-order valence-corrected chi connectivity index (χ4v) is 5.99. The molecule has 3 aromatic rings. The molecule has 1 atom stereocenters. The van der Waals surface area contributed by atoms with Crippen molar-refractivity contribution < 1.29 is 37.0 Å². The number of halogens is 1. The van der Waals surface area contributed by atoms with Gasteiger partial charge in [0.1, 0.15) is 24.1 Å². The van der Waals surface area contributed by atoms with E-state index < -0.39 is 34.4 Å². The zero-order valence-corrected chi connectivity index (χ0v) is 27.4. The number of sulfonamides is 1. The van der Waals surface area contributed by atoms with Gasteiger partial charge >= 0.3 is 0 Å². The summed E-state index contributed by atoms with van der Waals surface area (Å²) in [7, 11) is 1.30. The van der Waals surface area contributed by atoms with Crippen molar-refractivity contribution in [2.75, 3.05) is 39.3 Å². The van der Waals surface area contributed by atoms with Crippen LogP contribution in [0.25, 0.3) is 0 Å². The molecule has 11 nitrogen and oxygen atoms in total. The lowest BCUT2D eigenvalue weighted by Gasteiger charge is -2.32. The highest BCUT2D eigenvalue weighted by Gasteiger charge is 2.34. The highest BCUT2D eigenvalue weighted by Crippen LogP contribution is 2.37. The van der Waals surface area contributed by atoms with Gasteiger partial charge in [-0.3, -0.25) is 13.9 Å². The van der Waals surface area contributed by atoms with Gasteiger partial charge < -0.3 is 29.2 Å². The number of hydrogen-bond donors (Lipinski definition) is 1. The molecule has 0 fully saturated rings. The molecule has 0 bridgehead atoms. The molecule has 44 heavy (non-hydrogen) atoms. The molecule has 1 N–H and O–H groups in total. The number of benzene rings is 3. The Balaban J connectivity index is 2.14. The Morgan fingerprint density at radius 2 is 1.43 bits per heavy atom. The van der Waals surface area contributed by atoms with Gasteiger partial charge in [0.25, 0.3) is 10.0 Å². The predicted octanol–water partition coefficient (Wildman–Crippen LogP) is 4.51. The fraction of sp³-hybridized carbons (Fsp3) is 0.355. The number of anilines is 1. The molecule has 13 heteroatoms. The summed E-state index contributed by atoms with van der Waals surface area (Å²) in [5.74, 6) is 0.258. The van der Waals surface area contributed by atoms with Gasteiger partial charge in [0.2, 0.25) is 11.8 Å². The van der Waals surface area contributed by atoms with Gasteiger partial charge in [0.15, 0.2) is 11.5 Å². The molecule has 1 unspecified atom stereocenters. The summed E-state index contributed by atoms with van der Waals surface area (Å²) in [6, 6.07) is 14.4. The zero-order valence-electron chi connectivity index (χ0n) is 25.8. The number of amides is 2. The molecule has 3 rings (SSSR count). The molecule has 0 heterocycles. The van der Waals surface area contributed by atoms with E-state index in [1.807, 2.05) is 13.8 Å². The van der Waals surface area contributed by atoms with Crippen LogP contribution in [0.1, 0.15) is 26.3 Å². The molecule has 0 aromatic heterocycles. The standard InChI is InChI=1S/C31H38ClN3O8S/c1-20(2)33-31(37)21(3)34(18-22-8-11-24(40-4)12-9-22)30(36)19-35(26-16-23(32)10-14-27(26)41-5)44(38,39)25-13-15-28(42-6)29(17-25)43-7/h8-17,20-21H,18-19H2,1-7H3,(H,33,37). The number of carbonyl (C=O) groups is 2. The van der Waals surface area contributed by atoms with Crippen LogP contribution in [0.4, 0.5) is 5.69 Å². The molecule has 0 aliphatic rings. The van der Waals surface area contributed by atoms with Crippen LogP contribution in [0.3, 0.4) is 0 Å². The topological polar surface area (TPSA) is 124 Å². The predicted molar refractivity (Wildman–Crippen MR) is 168 cm³/mol. The maximum absolute atomic E-state index is 14.3. The van der Waals surface area contributed by atoms with E-state index in [1.54, 1.807) is 44.4 Å². The van der Waals surface area contributed by atoms with E-state index >= 15 is 0 Å². The molecular formula is C31H38ClN3O8S. The van der Waals surface area contributed by atoms with Crippen LogP contribution in [-0.2, 0) is 26.2 Å². The summed E-state index contributed by atoms with van der Waals surface area (Å²) in [4.78, 5) is 28.4. The number of rotatable bonds is 14. The van der Waals surface area contributed by atoms with Crippen molar-refractivity contribution in [3.05, 3.63) is 71.2 Å². The van der Waals surface area contributed by atoms with Crippen LogP contribution < -0.4 is 28.6 Å². The maximum atomic E-state index is 14.3. The molecule has 0 aliphatic heterocycles. The molecule has 0 saturated heterocycles. The van der Waals surface area contributed by atoms with E-state index in [4.69, 9.17) is 30.5 Å². The average molecular weight is 648 g/mol. The highest BCUT2D eigenvalue weighted by atomic mass is 35.5. The van der Waals surface area contributed by atoms with Gasteiger partial charge in [0, 0.05) is 23.7 Å². The number of ether oxygens (including phenoxy) is 4. The maximum Gasteiger partial charge on any atom is 0.265 e. The first kappa shape index (κ1) is 34.3. The summed E-state index contributed by atoms with van der Waals surface area (Å²) >= 11 is 6.30. The third-order valence-electron chi connectivity index (χ3n) is 6.74. The van der Waals surface area contributed by atoms with Crippen LogP contribution in [0.15, 0.2) is 65.6 Å². The number of methoxy groups -OCH3 is 4. The molecule has 2 amide bonds. The van der Waals surface area contributed by atoms with E-state index in [2.05, 4.69) is 5.32 Å². The first-order valence-corrected chi connectivity index (χ1v) is 15.5. The van der Waals surface area contributed by atoms with E-state index in [1.165, 1.54) is 56.6 Å². The monoisotopic (exact) mass is 647 g/mol. The molecular weight excluding hydrogens is 610 g/mol.